The summed E-state index contributed by atoms with van der Waals surface area (Å²) in [7, 11) is -4.39. The largest absolute Gasteiger partial charge is 0.472 e. The Morgan fingerprint density at radius 2 is 1.06 bits per heavy atom. The maximum atomic E-state index is 12.5. The van der Waals surface area contributed by atoms with Gasteiger partial charge in [0.05, 0.1) is 13.2 Å². The van der Waals surface area contributed by atoms with Gasteiger partial charge in [-0.1, -0.05) is 138 Å². The number of esters is 2. The highest BCUT2D eigenvalue weighted by molar-refractivity contribution is 7.47. The summed E-state index contributed by atoms with van der Waals surface area (Å²) in [5.74, 6) is -0.913. The van der Waals surface area contributed by atoms with E-state index < -0.39 is 32.5 Å². The molecule has 9 nitrogen and oxygen atoms in total. The van der Waals surface area contributed by atoms with Gasteiger partial charge in [0.1, 0.15) is 6.61 Å². The Labute approximate surface area is 322 Å². The van der Waals surface area contributed by atoms with Crippen molar-refractivity contribution in [1.82, 2.24) is 0 Å². The number of allylic oxidation sites excluding steroid dienone is 12. The minimum absolute atomic E-state index is 0.0399. The number of hydrogen-bond donors (Lipinski definition) is 2. The lowest BCUT2D eigenvalue weighted by Crippen LogP contribution is -2.29. The predicted octanol–water partition coefficient (Wildman–Crippen LogP) is 11.5. The molecule has 0 aromatic rings. The van der Waals surface area contributed by atoms with Gasteiger partial charge in [0.25, 0.3) is 0 Å². The Bertz CT molecular complexity index is 1100. The number of ether oxygens (including phenoxy) is 2. The zero-order valence-electron chi connectivity index (χ0n) is 33.2. The maximum Gasteiger partial charge on any atom is 0.472 e. The highest BCUT2D eigenvalue weighted by atomic mass is 31.2. The van der Waals surface area contributed by atoms with E-state index in [9.17, 15) is 19.0 Å². The lowest BCUT2D eigenvalue weighted by Gasteiger charge is -2.19. The van der Waals surface area contributed by atoms with Crippen LogP contribution < -0.4 is 5.73 Å². The van der Waals surface area contributed by atoms with E-state index in [-0.39, 0.29) is 32.6 Å². The van der Waals surface area contributed by atoms with Gasteiger partial charge in [-0.15, -0.1) is 0 Å². The fourth-order valence-corrected chi connectivity index (χ4v) is 5.84. The summed E-state index contributed by atoms with van der Waals surface area (Å²) in [4.78, 5) is 34.8. The van der Waals surface area contributed by atoms with Gasteiger partial charge in [0.2, 0.25) is 0 Å². The van der Waals surface area contributed by atoms with Crippen LogP contribution in [0.5, 0.6) is 0 Å². The molecular formula is C43H74NO8P. The summed E-state index contributed by atoms with van der Waals surface area (Å²) in [6, 6.07) is 0. The van der Waals surface area contributed by atoms with Crippen LogP contribution in [0.3, 0.4) is 0 Å². The molecule has 0 rings (SSSR count). The number of unbranched alkanes of at least 4 members (excludes halogenated alkanes) is 12. The number of carbonyl (C=O) groups is 2. The van der Waals surface area contributed by atoms with E-state index in [1.165, 1.54) is 44.9 Å². The molecule has 0 spiro atoms. The predicted molar refractivity (Wildman–Crippen MR) is 219 cm³/mol. The van der Waals surface area contributed by atoms with Crippen molar-refractivity contribution >= 4 is 19.8 Å². The van der Waals surface area contributed by atoms with Crippen molar-refractivity contribution in [3.8, 4) is 0 Å². The molecule has 10 heteroatoms. The van der Waals surface area contributed by atoms with Gasteiger partial charge in [0.15, 0.2) is 6.10 Å². The van der Waals surface area contributed by atoms with Gasteiger partial charge in [-0.25, -0.2) is 4.57 Å². The van der Waals surface area contributed by atoms with Crippen LogP contribution in [0.4, 0.5) is 0 Å². The number of hydrogen-bond acceptors (Lipinski definition) is 8. The van der Waals surface area contributed by atoms with Crippen molar-refractivity contribution in [2.75, 3.05) is 26.4 Å². The minimum atomic E-state index is -4.39. The Kier molecular flexibility index (Phi) is 37.3. The van der Waals surface area contributed by atoms with Crippen LogP contribution in [0.1, 0.15) is 155 Å². The van der Waals surface area contributed by atoms with Crippen molar-refractivity contribution in [3.05, 3.63) is 72.9 Å². The van der Waals surface area contributed by atoms with Crippen LogP contribution in [-0.2, 0) is 32.7 Å². The quantitative estimate of drug-likeness (QED) is 0.0274. The van der Waals surface area contributed by atoms with E-state index in [0.29, 0.717) is 19.3 Å². The Morgan fingerprint density at radius 1 is 0.585 bits per heavy atom. The van der Waals surface area contributed by atoms with Crippen LogP contribution in [0.2, 0.25) is 0 Å². The summed E-state index contributed by atoms with van der Waals surface area (Å²) < 4.78 is 32.6. The summed E-state index contributed by atoms with van der Waals surface area (Å²) in [5.41, 5.74) is 5.33. The van der Waals surface area contributed by atoms with Crippen LogP contribution in [0, 0.1) is 0 Å². The first-order valence-corrected chi connectivity index (χ1v) is 21.9. The van der Waals surface area contributed by atoms with Gasteiger partial charge in [0, 0.05) is 19.4 Å². The molecule has 0 aliphatic carbocycles. The van der Waals surface area contributed by atoms with Crippen LogP contribution in [-0.4, -0.2) is 49.3 Å². The zero-order chi connectivity index (χ0) is 38.9. The van der Waals surface area contributed by atoms with Crippen molar-refractivity contribution in [2.45, 2.75) is 161 Å². The molecule has 0 aliphatic rings. The third-order valence-electron chi connectivity index (χ3n) is 8.08. The van der Waals surface area contributed by atoms with Crippen molar-refractivity contribution < 1.29 is 37.6 Å². The second kappa shape index (κ2) is 39.2. The number of nitrogens with two attached hydrogens (primary N) is 1. The van der Waals surface area contributed by atoms with Crippen molar-refractivity contribution in [2.24, 2.45) is 5.73 Å². The molecule has 0 bridgehead atoms. The molecule has 0 aliphatic heterocycles. The molecule has 0 fully saturated rings. The first-order chi connectivity index (χ1) is 25.8. The van der Waals surface area contributed by atoms with Crippen molar-refractivity contribution in [1.29, 1.82) is 0 Å². The Morgan fingerprint density at radius 3 is 1.62 bits per heavy atom. The highest BCUT2D eigenvalue weighted by Crippen LogP contribution is 2.43. The summed E-state index contributed by atoms with van der Waals surface area (Å²) >= 11 is 0. The first-order valence-electron chi connectivity index (χ1n) is 20.4. The molecule has 0 aromatic carbocycles. The molecule has 304 valence electrons. The van der Waals surface area contributed by atoms with Gasteiger partial charge >= 0.3 is 19.8 Å². The molecule has 2 atom stereocenters. The number of phosphoric ester groups is 1. The Hall–Kier alpha value is -2.55. The molecule has 0 radical (unpaired) electrons. The molecule has 0 amide bonds. The maximum absolute atomic E-state index is 12.5. The van der Waals surface area contributed by atoms with Crippen LogP contribution in [0.15, 0.2) is 72.9 Å². The van der Waals surface area contributed by atoms with E-state index in [1.807, 2.05) is 6.08 Å². The molecule has 3 N–H and O–H groups in total. The van der Waals surface area contributed by atoms with Crippen molar-refractivity contribution in [3.63, 3.8) is 0 Å². The van der Waals surface area contributed by atoms with Crippen LogP contribution in [0.25, 0.3) is 0 Å². The smallest absolute Gasteiger partial charge is 0.462 e. The van der Waals surface area contributed by atoms with E-state index in [2.05, 4.69) is 80.7 Å². The molecule has 0 heterocycles. The van der Waals surface area contributed by atoms with E-state index in [4.69, 9.17) is 24.3 Å². The first kappa shape index (κ1) is 50.5. The summed E-state index contributed by atoms with van der Waals surface area (Å²) in [6.07, 6.45) is 46.5. The van der Waals surface area contributed by atoms with E-state index in [1.54, 1.807) is 0 Å². The average molecular weight is 764 g/mol. The second-order valence-corrected chi connectivity index (χ2v) is 14.6. The lowest BCUT2D eigenvalue weighted by molar-refractivity contribution is -0.161. The van der Waals surface area contributed by atoms with E-state index in [0.717, 1.165) is 64.2 Å². The molecular weight excluding hydrogens is 689 g/mol. The fraction of sp³-hybridized carbons (Fsp3) is 0.674. The SMILES string of the molecule is CC/C=C\C/C=C\C/C=C\C/C=C\C/C=C\CCCC(=O)OC(COC(=O)CCCCCCC/C=C\CCCCCCCC)COP(=O)(O)OCCN. The monoisotopic (exact) mass is 764 g/mol. The third-order valence-corrected chi connectivity index (χ3v) is 9.06. The van der Waals surface area contributed by atoms with Gasteiger partial charge < -0.3 is 20.1 Å². The van der Waals surface area contributed by atoms with Gasteiger partial charge in [-0.2, -0.15) is 0 Å². The highest BCUT2D eigenvalue weighted by Gasteiger charge is 2.25. The molecule has 2 unspecified atom stereocenters. The molecule has 53 heavy (non-hydrogen) atoms. The van der Waals surface area contributed by atoms with Gasteiger partial charge in [-0.3, -0.25) is 18.6 Å². The number of rotatable bonds is 37. The standard InChI is InChI=1S/C43H74NO8P/c1-3-5-7-9-11-13-15-17-19-20-22-24-26-28-30-32-34-36-43(46)52-41(40-51-53(47,48)50-38-37-44)39-49-42(45)35-33-31-29-27-25-23-21-18-16-14-12-10-8-6-4-2/h5,7,11,13,17-19,21-22,24,28,30,41H,3-4,6,8-10,12,14-16,20,23,25-27,29,31-40,44H2,1-2H3,(H,47,48)/b7-5-,13-11-,19-17-,21-18-,24-22-,30-28-. The molecule has 0 saturated carbocycles. The van der Waals surface area contributed by atoms with E-state index >= 15 is 0 Å². The summed E-state index contributed by atoms with van der Waals surface area (Å²) in [5, 5.41) is 0. The number of phosphoric acid groups is 1. The second-order valence-electron chi connectivity index (χ2n) is 13.1. The van der Waals surface area contributed by atoms with Gasteiger partial charge in [-0.05, 0) is 77.0 Å². The Balaban J connectivity index is 4.32. The normalized spacial score (nSPS) is 14.1. The molecule has 0 saturated heterocycles. The fourth-order valence-electron chi connectivity index (χ4n) is 5.07. The zero-order valence-corrected chi connectivity index (χ0v) is 34.1. The molecule has 0 aromatic heterocycles. The minimum Gasteiger partial charge on any atom is -0.462 e. The topological polar surface area (TPSA) is 134 Å². The van der Waals surface area contributed by atoms with Crippen LogP contribution >= 0.6 is 7.82 Å². The third kappa shape index (κ3) is 39.0. The average Bonchev–Trinajstić information content (AvgIpc) is 3.14. The summed E-state index contributed by atoms with van der Waals surface area (Å²) in [6.45, 7) is 3.51. The number of carbonyl (C=O) groups excluding carboxylic acids is 2. The lowest BCUT2D eigenvalue weighted by atomic mass is 10.1.